The molecule has 1 amide bonds. The van der Waals surface area contributed by atoms with E-state index >= 15 is 0 Å². The maximum Gasteiger partial charge on any atom is 0.407 e. The molecule has 0 aromatic carbocycles. The average molecular weight is 200 g/mol. The normalized spacial score (nSPS) is 27.0. The second kappa shape index (κ2) is 5.86. The highest BCUT2D eigenvalue weighted by Crippen LogP contribution is 2.20. The lowest BCUT2D eigenvalue weighted by Crippen LogP contribution is -2.36. The van der Waals surface area contributed by atoms with Gasteiger partial charge in [-0.1, -0.05) is 0 Å². The summed E-state index contributed by atoms with van der Waals surface area (Å²) in [7, 11) is 1.98. The zero-order valence-corrected chi connectivity index (χ0v) is 9.01. The van der Waals surface area contributed by atoms with Crippen molar-refractivity contribution in [2.75, 3.05) is 13.6 Å². The van der Waals surface area contributed by atoms with Gasteiger partial charge in [-0.25, -0.2) is 4.79 Å². The Balaban J connectivity index is 2.18. The number of carbonyl (C=O) groups is 1. The van der Waals surface area contributed by atoms with Gasteiger partial charge in [-0.15, -0.1) is 0 Å². The van der Waals surface area contributed by atoms with Crippen molar-refractivity contribution < 1.29 is 9.53 Å². The van der Waals surface area contributed by atoms with Crippen LogP contribution in [0.3, 0.4) is 0 Å². The van der Waals surface area contributed by atoms with Gasteiger partial charge in [0.15, 0.2) is 0 Å². The van der Waals surface area contributed by atoms with Crippen LogP contribution in [-0.2, 0) is 4.74 Å². The van der Waals surface area contributed by atoms with Crippen molar-refractivity contribution >= 4 is 6.09 Å². The Kier molecular flexibility index (Phi) is 4.73. The first-order valence-electron chi connectivity index (χ1n) is 5.38. The summed E-state index contributed by atoms with van der Waals surface area (Å²) in [4.78, 5) is 11.1. The molecule has 0 aromatic rings. The van der Waals surface area contributed by atoms with Crippen molar-refractivity contribution in [3.05, 3.63) is 0 Å². The van der Waals surface area contributed by atoms with Gasteiger partial charge in [0.05, 0.1) is 0 Å². The van der Waals surface area contributed by atoms with E-state index in [2.05, 4.69) is 10.6 Å². The van der Waals surface area contributed by atoms with Crippen molar-refractivity contribution in [1.29, 1.82) is 0 Å². The van der Waals surface area contributed by atoms with Crippen LogP contribution >= 0.6 is 0 Å². The molecule has 0 saturated heterocycles. The molecule has 1 saturated carbocycles. The van der Waals surface area contributed by atoms with E-state index in [0.29, 0.717) is 12.6 Å². The molecule has 0 aliphatic heterocycles. The predicted molar refractivity (Wildman–Crippen MR) is 55.3 cm³/mol. The van der Waals surface area contributed by atoms with Crippen molar-refractivity contribution in [1.82, 2.24) is 10.6 Å². The third-order valence-corrected chi connectivity index (χ3v) is 2.68. The lowest BCUT2D eigenvalue weighted by molar-refractivity contribution is 0.0699. The Morgan fingerprint density at radius 1 is 1.36 bits per heavy atom. The van der Waals surface area contributed by atoms with E-state index in [4.69, 9.17) is 4.74 Å². The van der Waals surface area contributed by atoms with E-state index in [1.54, 1.807) is 0 Å². The fourth-order valence-electron chi connectivity index (χ4n) is 1.81. The summed E-state index contributed by atoms with van der Waals surface area (Å²) in [5.41, 5.74) is 0. The van der Waals surface area contributed by atoms with Crippen LogP contribution in [0.25, 0.3) is 0 Å². The molecule has 0 spiro atoms. The molecule has 2 N–H and O–H groups in total. The summed E-state index contributed by atoms with van der Waals surface area (Å²) in [6, 6.07) is 0.601. The molecule has 1 aliphatic rings. The SMILES string of the molecule is CCNC(=O)OC1CCC(NC)CC1. The third kappa shape index (κ3) is 3.54. The predicted octanol–water partition coefficient (Wildman–Crippen LogP) is 1.26. The number of rotatable bonds is 3. The molecule has 1 fully saturated rings. The Labute approximate surface area is 85.4 Å². The molecular weight excluding hydrogens is 180 g/mol. The Hall–Kier alpha value is -0.770. The maximum absolute atomic E-state index is 11.1. The number of hydrogen-bond acceptors (Lipinski definition) is 3. The highest BCUT2D eigenvalue weighted by Gasteiger charge is 2.22. The first-order valence-corrected chi connectivity index (χ1v) is 5.38. The first-order chi connectivity index (χ1) is 6.76. The first kappa shape index (κ1) is 11.3. The van der Waals surface area contributed by atoms with E-state index < -0.39 is 0 Å². The standard InChI is InChI=1S/C10H20N2O2/c1-3-12-10(13)14-9-6-4-8(11-2)5-7-9/h8-9,11H,3-7H2,1-2H3,(H,12,13). The molecule has 0 unspecified atom stereocenters. The number of amides is 1. The molecular formula is C10H20N2O2. The fraction of sp³-hybridized carbons (Fsp3) is 0.900. The van der Waals surface area contributed by atoms with E-state index in [1.165, 1.54) is 0 Å². The van der Waals surface area contributed by atoms with Crippen molar-refractivity contribution in [2.45, 2.75) is 44.8 Å². The number of hydrogen-bond donors (Lipinski definition) is 2. The number of ether oxygens (including phenoxy) is 1. The summed E-state index contributed by atoms with van der Waals surface area (Å²) in [5, 5.41) is 5.89. The van der Waals surface area contributed by atoms with Crippen LogP contribution in [-0.4, -0.2) is 31.8 Å². The third-order valence-electron chi connectivity index (χ3n) is 2.68. The molecule has 0 radical (unpaired) electrons. The van der Waals surface area contributed by atoms with Crippen LogP contribution in [0.1, 0.15) is 32.6 Å². The minimum absolute atomic E-state index is 0.117. The van der Waals surface area contributed by atoms with Gasteiger partial charge in [-0.3, -0.25) is 0 Å². The summed E-state index contributed by atoms with van der Waals surface area (Å²) in [6.45, 7) is 2.52. The molecule has 0 bridgehead atoms. The lowest BCUT2D eigenvalue weighted by Gasteiger charge is -2.27. The van der Waals surface area contributed by atoms with Gasteiger partial charge in [0.25, 0.3) is 0 Å². The van der Waals surface area contributed by atoms with E-state index in [0.717, 1.165) is 25.7 Å². The van der Waals surface area contributed by atoms with Crippen LogP contribution in [0, 0.1) is 0 Å². The highest BCUT2D eigenvalue weighted by molar-refractivity contribution is 5.67. The minimum atomic E-state index is -0.277. The molecule has 0 heterocycles. The van der Waals surface area contributed by atoms with E-state index in [-0.39, 0.29) is 12.2 Å². The van der Waals surface area contributed by atoms with Crippen molar-refractivity contribution in [2.24, 2.45) is 0 Å². The summed E-state index contributed by atoms with van der Waals surface area (Å²) in [6.07, 6.45) is 3.98. The van der Waals surface area contributed by atoms with Crippen molar-refractivity contribution in [3.63, 3.8) is 0 Å². The van der Waals surface area contributed by atoms with Crippen LogP contribution in [0.5, 0.6) is 0 Å². The van der Waals surface area contributed by atoms with Crippen molar-refractivity contribution in [3.8, 4) is 0 Å². The molecule has 14 heavy (non-hydrogen) atoms. The smallest absolute Gasteiger partial charge is 0.407 e. The molecule has 1 aliphatic carbocycles. The number of carbonyl (C=O) groups excluding carboxylic acids is 1. The van der Waals surface area contributed by atoms with E-state index in [1.807, 2.05) is 14.0 Å². The zero-order valence-electron chi connectivity index (χ0n) is 9.01. The molecule has 4 nitrogen and oxygen atoms in total. The van der Waals surface area contributed by atoms with Gasteiger partial charge in [-0.2, -0.15) is 0 Å². The molecule has 82 valence electrons. The summed E-state index contributed by atoms with van der Waals surface area (Å²) < 4.78 is 5.25. The quantitative estimate of drug-likeness (QED) is 0.721. The van der Waals surface area contributed by atoms with Crippen LogP contribution in [0.4, 0.5) is 4.79 Å². The average Bonchev–Trinajstić information content (AvgIpc) is 2.19. The minimum Gasteiger partial charge on any atom is -0.446 e. The topological polar surface area (TPSA) is 50.4 Å². The fourth-order valence-corrected chi connectivity index (χ4v) is 1.81. The van der Waals surface area contributed by atoms with E-state index in [9.17, 15) is 4.79 Å². The molecule has 0 aromatic heterocycles. The summed E-state index contributed by atoms with van der Waals surface area (Å²) >= 11 is 0. The lowest BCUT2D eigenvalue weighted by atomic mass is 9.93. The highest BCUT2D eigenvalue weighted by atomic mass is 16.6. The van der Waals surface area contributed by atoms with Crippen LogP contribution < -0.4 is 10.6 Å². The monoisotopic (exact) mass is 200 g/mol. The number of alkyl carbamates (subject to hydrolysis) is 1. The van der Waals surface area contributed by atoms with Gasteiger partial charge in [-0.05, 0) is 39.7 Å². The van der Waals surface area contributed by atoms with Gasteiger partial charge in [0.2, 0.25) is 0 Å². The molecule has 0 atom stereocenters. The Morgan fingerprint density at radius 2 is 2.00 bits per heavy atom. The molecule has 4 heteroatoms. The van der Waals surface area contributed by atoms with Crippen LogP contribution in [0.15, 0.2) is 0 Å². The van der Waals surface area contributed by atoms with Gasteiger partial charge < -0.3 is 15.4 Å². The Morgan fingerprint density at radius 3 is 2.50 bits per heavy atom. The zero-order chi connectivity index (χ0) is 10.4. The Bertz CT molecular complexity index is 177. The van der Waals surface area contributed by atoms with Crippen LogP contribution in [0.2, 0.25) is 0 Å². The summed E-state index contributed by atoms with van der Waals surface area (Å²) in [5.74, 6) is 0. The van der Waals surface area contributed by atoms with Gasteiger partial charge >= 0.3 is 6.09 Å². The maximum atomic E-state index is 11.1. The van der Waals surface area contributed by atoms with Gasteiger partial charge in [0.1, 0.15) is 6.10 Å². The van der Waals surface area contributed by atoms with Gasteiger partial charge in [0, 0.05) is 12.6 Å². The molecule has 1 rings (SSSR count). The second-order valence-electron chi connectivity index (χ2n) is 3.70. The largest absolute Gasteiger partial charge is 0.446 e. The number of nitrogens with one attached hydrogen (secondary N) is 2. The second-order valence-corrected chi connectivity index (χ2v) is 3.70.